The zero-order valence-corrected chi connectivity index (χ0v) is 24.0. The van der Waals surface area contributed by atoms with Gasteiger partial charge in [-0.25, -0.2) is 0 Å². The number of anilines is 2. The monoisotopic (exact) mass is 567 g/mol. The summed E-state index contributed by atoms with van der Waals surface area (Å²) in [4.78, 5) is 39.9. The summed E-state index contributed by atoms with van der Waals surface area (Å²) in [7, 11) is 0. The minimum Gasteiger partial charge on any atom is -0.465 e. The molecule has 1 heterocycles. The van der Waals surface area contributed by atoms with E-state index < -0.39 is 11.8 Å². The zero-order chi connectivity index (χ0) is 29.2. The second-order valence-electron chi connectivity index (χ2n) is 9.66. The number of rotatable bonds is 11. The van der Waals surface area contributed by atoms with Crippen LogP contribution in [0.4, 0.5) is 11.4 Å². The highest BCUT2D eigenvalue weighted by atomic mass is 32.2. The lowest BCUT2D eigenvalue weighted by Crippen LogP contribution is -2.30. The molecule has 1 unspecified atom stereocenters. The molecule has 3 aromatic carbocycles. The van der Waals surface area contributed by atoms with Crippen molar-refractivity contribution in [3.63, 3.8) is 0 Å². The SMILES string of the molecule is CCC(Sc1cccc(NC(=O)/C(=C/c2ccco2)NC(=O)c2ccccc2)c1)C(=O)Nc1ccc(C(C)C)cc1. The number of amides is 3. The molecule has 3 amide bonds. The predicted octanol–water partition coefficient (Wildman–Crippen LogP) is 7.32. The van der Waals surface area contributed by atoms with Crippen LogP contribution in [0, 0.1) is 0 Å². The summed E-state index contributed by atoms with van der Waals surface area (Å²) in [6.45, 7) is 6.22. The highest BCUT2D eigenvalue weighted by molar-refractivity contribution is 8.00. The van der Waals surface area contributed by atoms with E-state index in [1.807, 2.05) is 49.4 Å². The predicted molar refractivity (Wildman–Crippen MR) is 165 cm³/mol. The second kappa shape index (κ2) is 14.2. The van der Waals surface area contributed by atoms with E-state index in [0.29, 0.717) is 29.3 Å². The van der Waals surface area contributed by atoms with Crippen LogP contribution in [-0.2, 0) is 9.59 Å². The van der Waals surface area contributed by atoms with E-state index >= 15 is 0 Å². The maximum atomic E-state index is 13.3. The summed E-state index contributed by atoms with van der Waals surface area (Å²) in [5, 5.41) is 8.22. The average molecular weight is 568 g/mol. The van der Waals surface area contributed by atoms with Crippen LogP contribution in [0.1, 0.15) is 54.8 Å². The van der Waals surface area contributed by atoms with E-state index in [0.717, 1.165) is 10.6 Å². The van der Waals surface area contributed by atoms with Gasteiger partial charge in [0.15, 0.2) is 0 Å². The third-order valence-corrected chi connectivity index (χ3v) is 7.59. The first kappa shape index (κ1) is 29.4. The lowest BCUT2D eigenvalue weighted by molar-refractivity contribution is -0.116. The van der Waals surface area contributed by atoms with Gasteiger partial charge in [0.05, 0.1) is 11.5 Å². The van der Waals surface area contributed by atoms with Crippen molar-refractivity contribution in [3.8, 4) is 0 Å². The van der Waals surface area contributed by atoms with Crippen molar-refractivity contribution in [1.82, 2.24) is 5.32 Å². The molecule has 1 atom stereocenters. The summed E-state index contributed by atoms with van der Waals surface area (Å²) in [6, 6.07) is 27.2. The number of carbonyl (C=O) groups excluding carboxylic acids is 3. The van der Waals surface area contributed by atoms with E-state index in [1.54, 1.807) is 48.5 Å². The molecular formula is C33H33N3O4S. The first-order valence-electron chi connectivity index (χ1n) is 13.4. The van der Waals surface area contributed by atoms with Gasteiger partial charge >= 0.3 is 0 Å². The Kier molecular flexibility index (Phi) is 10.2. The van der Waals surface area contributed by atoms with Crippen molar-refractivity contribution >= 4 is 46.9 Å². The topological polar surface area (TPSA) is 100 Å². The van der Waals surface area contributed by atoms with Crippen molar-refractivity contribution in [2.45, 2.75) is 43.3 Å². The Morgan fingerprint density at radius 3 is 2.27 bits per heavy atom. The second-order valence-corrected chi connectivity index (χ2v) is 10.9. The molecule has 0 aliphatic rings. The minimum absolute atomic E-state index is 0.0288. The van der Waals surface area contributed by atoms with Crippen molar-refractivity contribution in [2.24, 2.45) is 0 Å². The third kappa shape index (κ3) is 8.46. The molecule has 0 spiro atoms. The molecule has 0 saturated heterocycles. The molecule has 4 aromatic rings. The summed E-state index contributed by atoms with van der Waals surface area (Å²) in [5.74, 6) is -0.177. The van der Waals surface area contributed by atoms with Gasteiger partial charge in [-0.05, 0) is 72.5 Å². The normalized spacial score (nSPS) is 12.0. The Morgan fingerprint density at radius 1 is 0.854 bits per heavy atom. The first-order valence-corrected chi connectivity index (χ1v) is 14.3. The van der Waals surface area contributed by atoms with Crippen LogP contribution < -0.4 is 16.0 Å². The van der Waals surface area contributed by atoms with Crippen molar-refractivity contribution < 1.29 is 18.8 Å². The number of hydrogen-bond acceptors (Lipinski definition) is 5. The fourth-order valence-corrected chi connectivity index (χ4v) is 4.98. The summed E-state index contributed by atoms with van der Waals surface area (Å²) < 4.78 is 5.36. The molecule has 0 aliphatic carbocycles. The van der Waals surface area contributed by atoms with Crippen LogP contribution in [0.25, 0.3) is 6.08 Å². The van der Waals surface area contributed by atoms with Crippen LogP contribution in [0.2, 0.25) is 0 Å². The van der Waals surface area contributed by atoms with Gasteiger partial charge in [-0.3, -0.25) is 14.4 Å². The Labute approximate surface area is 244 Å². The number of hydrogen-bond donors (Lipinski definition) is 3. The van der Waals surface area contributed by atoms with Crippen molar-refractivity contribution in [1.29, 1.82) is 0 Å². The van der Waals surface area contributed by atoms with Crippen molar-refractivity contribution in [2.75, 3.05) is 10.6 Å². The van der Waals surface area contributed by atoms with Gasteiger partial charge in [-0.1, -0.05) is 57.2 Å². The van der Waals surface area contributed by atoms with Crippen LogP contribution >= 0.6 is 11.8 Å². The molecule has 0 radical (unpaired) electrons. The molecule has 0 saturated carbocycles. The Hall–Kier alpha value is -4.56. The molecule has 210 valence electrons. The lowest BCUT2D eigenvalue weighted by Gasteiger charge is -2.16. The standard InChI is InChI=1S/C33H33N3O4S/c1-4-30(33(39)34-25-17-15-23(16-18-25)22(2)3)41-28-14-8-12-26(20-28)35-32(38)29(21-27-13-9-19-40-27)36-31(37)24-10-6-5-7-11-24/h5-22,30H,4H2,1-3H3,(H,34,39)(H,35,38)(H,36,37)/b29-21-. The largest absolute Gasteiger partial charge is 0.465 e. The Bertz CT molecular complexity index is 1500. The highest BCUT2D eigenvalue weighted by Crippen LogP contribution is 2.29. The van der Waals surface area contributed by atoms with E-state index in [4.69, 9.17) is 4.42 Å². The number of benzene rings is 3. The van der Waals surface area contributed by atoms with Gasteiger partial charge < -0.3 is 20.4 Å². The van der Waals surface area contributed by atoms with Crippen LogP contribution in [0.3, 0.4) is 0 Å². The van der Waals surface area contributed by atoms with Gasteiger partial charge in [0.25, 0.3) is 11.8 Å². The number of nitrogens with one attached hydrogen (secondary N) is 3. The maximum Gasteiger partial charge on any atom is 0.272 e. The molecule has 4 rings (SSSR count). The molecule has 0 aliphatic heterocycles. The van der Waals surface area contributed by atoms with E-state index in [-0.39, 0.29) is 16.9 Å². The highest BCUT2D eigenvalue weighted by Gasteiger charge is 2.20. The molecule has 1 aromatic heterocycles. The van der Waals surface area contributed by atoms with Crippen LogP contribution in [0.15, 0.2) is 112 Å². The van der Waals surface area contributed by atoms with E-state index in [9.17, 15) is 14.4 Å². The first-order chi connectivity index (χ1) is 19.8. The molecule has 7 nitrogen and oxygen atoms in total. The minimum atomic E-state index is -0.512. The van der Waals surface area contributed by atoms with Gasteiger partial charge in [0, 0.05) is 27.9 Å². The zero-order valence-electron chi connectivity index (χ0n) is 23.2. The Balaban J connectivity index is 1.44. The van der Waals surface area contributed by atoms with E-state index in [1.165, 1.54) is 29.7 Å². The molecule has 0 bridgehead atoms. The quantitative estimate of drug-likeness (QED) is 0.130. The number of thioether (sulfide) groups is 1. The van der Waals surface area contributed by atoms with Gasteiger partial charge in [0.1, 0.15) is 11.5 Å². The maximum absolute atomic E-state index is 13.3. The number of carbonyl (C=O) groups is 3. The number of furan rings is 1. The third-order valence-electron chi connectivity index (χ3n) is 6.24. The smallest absolute Gasteiger partial charge is 0.272 e. The van der Waals surface area contributed by atoms with Crippen LogP contribution in [-0.4, -0.2) is 23.0 Å². The van der Waals surface area contributed by atoms with Crippen LogP contribution in [0.5, 0.6) is 0 Å². The molecule has 8 heteroatoms. The molecule has 0 fully saturated rings. The molecule has 41 heavy (non-hydrogen) atoms. The summed E-state index contributed by atoms with van der Waals surface area (Å²) >= 11 is 1.42. The molecular weight excluding hydrogens is 534 g/mol. The summed E-state index contributed by atoms with van der Waals surface area (Å²) in [5.41, 5.74) is 2.95. The lowest BCUT2D eigenvalue weighted by atomic mass is 10.0. The average Bonchev–Trinajstić information content (AvgIpc) is 3.49. The van der Waals surface area contributed by atoms with Crippen molar-refractivity contribution in [3.05, 3.63) is 120 Å². The van der Waals surface area contributed by atoms with Gasteiger partial charge in [-0.2, -0.15) is 0 Å². The summed E-state index contributed by atoms with van der Waals surface area (Å²) in [6.07, 6.45) is 3.58. The molecule has 3 N–H and O–H groups in total. The van der Waals surface area contributed by atoms with E-state index in [2.05, 4.69) is 29.8 Å². The fraction of sp³-hybridized carbons (Fsp3) is 0.182. The Morgan fingerprint density at radius 2 is 1.61 bits per heavy atom. The fourth-order valence-electron chi connectivity index (χ4n) is 3.96. The van der Waals surface area contributed by atoms with Gasteiger partial charge in [-0.15, -0.1) is 11.8 Å². The van der Waals surface area contributed by atoms with Gasteiger partial charge in [0.2, 0.25) is 5.91 Å².